The predicted octanol–water partition coefficient (Wildman–Crippen LogP) is 4.41. The van der Waals surface area contributed by atoms with Crippen LogP contribution in [0.25, 0.3) is 11.1 Å². The van der Waals surface area contributed by atoms with Gasteiger partial charge in [0.15, 0.2) is 0 Å². The van der Waals surface area contributed by atoms with Gasteiger partial charge in [-0.3, -0.25) is 9.59 Å². The van der Waals surface area contributed by atoms with E-state index in [1.54, 1.807) is 11.9 Å². The minimum atomic E-state index is -1.01. The van der Waals surface area contributed by atoms with E-state index in [-0.39, 0.29) is 37.3 Å². The Bertz CT molecular complexity index is 1020. The number of benzene rings is 2. The number of carboxylic acids is 1. The lowest BCUT2D eigenvalue weighted by Gasteiger charge is -2.31. The zero-order valence-electron chi connectivity index (χ0n) is 19.7. The maximum Gasteiger partial charge on any atom is 0.407 e. The van der Waals surface area contributed by atoms with Crippen molar-refractivity contribution < 1.29 is 24.2 Å². The predicted molar refractivity (Wildman–Crippen MR) is 128 cm³/mol. The van der Waals surface area contributed by atoms with Crippen molar-refractivity contribution in [1.29, 1.82) is 0 Å². The summed E-state index contributed by atoms with van der Waals surface area (Å²) in [6, 6.07) is 15.3. The zero-order valence-corrected chi connectivity index (χ0v) is 19.7. The van der Waals surface area contributed by atoms with Crippen LogP contribution in [0.1, 0.15) is 56.1 Å². The van der Waals surface area contributed by atoms with Gasteiger partial charge in [0.05, 0.1) is 0 Å². The quantitative estimate of drug-likeness (QED) is 0.604. The molecule has 1 fully saturated rings. The van der Waals surface area contributed by atoms with Crippen LogP contribution in [0.2, 0.25) is 0 Å². The fourth-order valence-corrected chi connectivity index (χ4v) is 5.42. The Morgan fingerprint density at radius 2 is 1.68 bits per heavy atom. The molecular formula is C27H32N2O5. The Labute approximate surface area is 200 Å². The molecule has 0 spiro atoms. The van der Waals surface area contributed by atoms with Crippen molar-refractivity contribution in [3.63, 3.8) is 0 Å². The van der Waals surface area contributed by atoms with E-state index in [1.165, 1.54) is 0 Å². The van der Waals surface area contributed by atoms with Gasteiger partial charge in [-0.05, 0) is 47.4 Å². The summed E-state index contributed by atoms with van der Waals surface area (Å²) in [5, 5.41) is 11.8. The highest BCUT2D eigenvalue weighted by molar-refractivity contribution is 5.86. The van der Waals surface area contributed by atoms with Crippen molar-refractivity contribution in [2.75, 3.05) is 13.7 Å². The van der Waals surface area contributed by atoms with Gasteiger partial charge in [0.2, 0.25) is 5.91 Å². The van der Waals surface area contributed by atoms with Crippen LogP contribution in [0.4, 0.5) is 4.79 Å². The number of rotatable bonds is 8. The van der Waals surface area contributed by atoms with Gasteiger partial charge in [0, 0.05) is 25.4 Å². The van der Waals surface area contributed by atoms with Crippen molar-refractivity contribution in [1.82, 2.24) is 10.2 Å². The first kappa shape index (κ1) is 23.8. The Hall–Kier alpha value is -3.35. The molecule has 34 heavy (non-hydrogen) atoms. The summed E-state index contributed by atoms with van der Waals surface area (Å²) in [5.74, 6) is -0.991. The summed E-state index contributed by atoms with van der Waals surface area (Å²) in [6.45, 7) is 2.25. The summed E-state index contributed by atoms with van der Waals surface area (Å²) in [7, 11) is 1.74. The molecule has 3 unspecified atom stereocenters. The topological polar surface area (TPSA) is 95.9 Å². The van der Waals surface area contributed by atoms with E-state index in [4.69, 9.17) is 9.84 Å². The van der Waals surface area contributed by atoms with Gasteiger partial charge >= 0.3 is 12.1 Å². The molecule has 0 saturated heterocycles. The number of hydrogen-bond acceptors (Lipinski definition) is 4. The second-order valence-electron chi connectivity index (χ2n) is 9.38. The number of aliphatic carboxylic acids is 1. The number of carbonyl (C=O) groups is 3. The molecule has 7 heteroatoms. The van der Waals surface area contributed by atoms with Crippen molar-refractivity contribution in [3.05, 3.63) is 59.7 Å². The highest BCUT2D eigenvalue weighted by Crippen LogP contribution is 2.44. The standard InChI is InChI=1S/C27H32N2O5/c1-17-8-7-13-24(17)29(2)26(32)23(14-15-25(30)31)28-27(33)34-16-22-20-11-5-3-9-18(20)19-10-4-6-12-21(19)22/h3-6,9-12,17,22-24H,7-8,13-16H2,1-2H3,(H,28,33)(H,30,31). The number of alkyl carbamates (subject to hydrolysis) is 1. The number of carbonyl (C=O) groups excluding carboxylic acids is 2. The molecule has 0 aliphatic heterocycles. The third-order valence-corrected chi connectivity index (χ3v) is 7.24. The Morgan fingerprint density at radius 1 is 1.06 bits per heavy atom. The smallest absolute Gasteiger partial charge is 0.407 e. The number of amides is 2. The van der Waals surface area contributed by atoms with Crippen LogP contribution in [0, 0.1) is 5.92 Å². The van der Waals surface area contributed by atoms with Crippen LogP contribution < -0.4 is 5.32 Å². The van der Waals surface area contributed by atoms with Crippen LogP contribution in [0.15, 0.2) is 48.5 Å². The fraction of sp³-hybridized carbons (Fsp3) is 0.444. The van der Waals surface area contributed by atoms with Crippen LogP contribution in [-0.4, -0.2) is 53.7 Å². The molecule has 1 saturated carbocycles. The number of ether oxygens (including phenoxy) is 1. The molecule has 2 N–H and O–H groups in total. The molecule has 7 nitrogen and oxygen atoms in total. The van der Waals surface area contributed by atoms with Gasteiger partial charge < -0.3 is 20.1 Å². The molecule has 2 aliphatic rings. The molecule has 3 atom stereocenters. The van der Waals surface area contributed by atoms with E-state index < -0.39 is 18.1 Å². The van der Waals surface area contributed by atoms with Crippen molar-refractivity contribution in [2.24, 2.45) is 5.92 Å². The van der Waals surface area contributed by atoms with Gasteiger partial charge in [-0.25, -0.2) is 4.79 Å². The van der Waals surface area contributed by atoms with Gasteiger partial charge in [0.25, 0.3) is 0 Å². The molecule has 2 aliphatic carbocycles. The monoisotopic (exact) mass is 464 g/mol. The lowest BCUT2D eigenvalue weighted by atomic mass is 9.98. The highest BCUT2D eigenvalue weighted by Gasteiger charge is 2.34. The third-order valence-electron chi connectivity index (χ3n) is 7.24. The SMILES string of the molecule is CC1CCCC1N(C)C(=O)C(CCC(=O)O)NC(=O)OCC1c2ccccc2-c2ccccc21. The van der Waals surface area contributed by atoms with E-state index in [0.717, 1.165) is 41.5 Å². The molecule has 0 radical (unpaired) electrons. The van der Waals surface area contributed by atoms with Gasteiger partial charge in [0.1, 0.15) is 12.6 Å². The molecule has 0 aromatic heterocycles. The number of fused-ring (bicyclic) bond motifs is 3. The maximum absolute atomic E-state index is 13.2. The number of carboxylic acid groups (broad SMARTS) is 1. The van der Waals surface area contributed by atoms with Crippen LogP contribution in [0.5, 0.6) is 0 Å². The van der Waals surface area contributed by atoms with Crippen LogP contribution in [0.3, 0.4) is 0 Å². The summed E-state index contributed by atoms with van der Waals surface area (Å²) < 4.78 is 5.59. The summed E-state index contributed by atoms with van der Waals surface area (Å²) >= 11 is 0. The lowest BCUT2D eigenvalue weighted by Crippen LogP contribution is -2.51. The first-order chi connectivity index (χ1) is 16.4. The maximum atomic E-state index is 13.2. The average molecular weight is 465 g/mol. The van der Waals surface area contributed by atoms with E-state index in [1.807, 2.05) is 36.4 Å². The average Bonchev–Trinajstić information content (AvgIpc) is 3.40. The molecule has 0 heterocycles. The van der Waals surface area contributed by atoms with Gasteiger partial charge in [-0.1, -0.05) is 61.9 Å². The van der Waals surface area contributed by atoms with E-state index >= 15 is 0 Å². The van der Waals surface area contributed by atoms with E-state index in [9.17, 15) is 14.4 Å². The molecular weight excluding hydrogens is 432 g/mol. The zero-order chi connectivity index (χ0) is 24.2. The second-order valence-corrected chi connectivity index (χ2v) is 9.38. The minimum absolute atomic E-state index is 0.0177. The first-order valence-electron chi connectivity index (χ1n) is 12.0. The largest absolute Gasteiger partial charge is 0.481 e. The molecule has 2 aromatic rings. The second kappa shape index (κ2) is 10.3. The fourth-order valence-electron chi connectivity index (χ4n) is 5.42. The van der Waals surface area contributed by atoms with E-state index in [0.29, 0.717) is 5.92 Å². The normalized spacial score (nSPS) is 19.7. The molecule has 180 valence electrons. The van der Waals surface area contributed by atoms with E-state index in [2.05, 4.69) is 24.4 Å². The Kier molecular flexibility index (Phi) is 7.20. The van der Waals surface area contributed by atoms with Crippen LogP contribution >= 0.6 is 0 Å². The molecule has 2 aromatic carbocycles. The van der Waals surface area contributed by atoms with Gasteiger partial charge in [-0.2, -0.15) is 0 Å². The summed E-state index contributed by atoms with van der Waals surface area (Å²) in [6.07, 6.45) is 2.13. The third kappa shape index (κ3) is 4.93. The molecule has 0 bridgehead atoms. The van der Waals surface area contributed by atoms with Gasteiger partial charge in [-0.15, -0.1) is 0 Å². The lowest BCUT2D eigenvalue weighted by molar-refractivity contribution is -0.138. The van der Waals surface area contributed by atoms with Crippen molar-refractivity contribution in [2.45, 2.75) is 57.0 Å². The first-order valence-corrected chi connectivity index (χ1v) is 12.0. The summed E-state index contributed by atoms with van der Waals surface area (Å²) in [5.41, 5.74) is 4.47. The molecule has 4 rings (SSSR count). The number of hydrogen-bond donors (Lipinski definition) is 2. The number of nitrogens with one attached hydrogen (secondary N) is 1. The van der Waals surface area contributed by atoms with Crippen molar-refractivity contribution >= 4 is 18.0 Å². The highest BCUT2D eigenvalue weighted by atomic mass is 16.5. The minimum Gasteiger partial charge on any atom is -0.481 e. The molecule has 2 amide bonds. The van der Waals surface area contributed by atoms with Crippen LogP contribution in [-0.2, 0) is 14.3 Å². The summed E-state index contributed by atoms with van der Waals surface area (Å²) in [4.78, 5) is 38.7. The Morgan fingerprint density at radius 3 is 2.24 bits per heavy atom. The Balaban J connectivity index is 1.43. The number of nitrogens with zero attached hydrogens (tertiary/aromatic N) is 1. The van der Waals surface area contributed by atoms with Crippen molar-refractivity contribution in [3.8, 4) is 11.1 Å². The number of likely N-dealkylation sites (N-methyl/N-ethyl adjacent to an activating group) is 1.